The first kappa shape index (κ1) is 14.6. The van der Waals surface area contributed by atoms with E-state index in [-0.39, 0.29) is 11.5 Å². The summed E-state index contributed by atoms with van der Waals surface area (Å²) in [6.07, 6.45) is 2.68. The van der Waals surface area contributed by atoms with E-state index in [9.17, 15) is 13.6 Å². The van der Waals surface area contributed by atoms with Crippen molar-refractivity contribution in [3.05, 3.63) is 64.5 Å². The minimum Gasteiger partial charge on any atom is -0.342 e. The van der Waals surface area contributed by atoms with Crippen LogP contribution in [0.1, 0.15) is 40.0 Å². The Hall–Kier alpha value is -2.30. The molecule has 1 fully saturated rings. The monoisotopic (exact) mass is 302 g/mol. The zero-order valence-corrected chi connectivity index (χ0v) is 12.4. The number of hydrogen-bond donors (Lipinski definition) is 1. The lowest BCUT2D eigenvalue weighted by molar-refractivity contribution is 0.0929. The largest absolute Gasteiger partial charge is 0.342 e. The van der Waals surface area contributed by atoms with E-state index in [2.05, 4.69) is 10.3 Å². The van der Waals surface area contributed by atoms with Crippen LogP contribution < -0.4 is 5.32 Å². The minimum absolute atomic E-state index is 0.206. The molecule has 0 aliphatic heterocycles. The highest BCUT2D eigenvalue weighted by Crippen LogP contribution is 2.46. The Labute approximate surface area is 127 Å². The SMILES string of the molecule is Cc1cc(C(=O)NC2(c3cc(F)ccc3F)CC2)cnc1C. The molecule has 114 valence electrons. The maximum absolute atomic E-state index is 13.9. The van der Waals surface area contributed by atoms with Gasteiger partial charge in [0.15, 0.2) is 0 Å². The van der Waals surface area contributed by atoms with Gasteiger partial charge in [0, 0.05) is 17.5 Å². The van der Waals surface area contributed by atoms with Crippen molar-refractivity contribution in [2.75, 3.05) is 0 Å². The Morgan fingerprint density at radius 3 is 2.59 bits per heavy atom. The summed E-state index contributed by atoms with van der Waals surface area (Å²) in [5.41, 5.74) is 1.59. The van der Waals surface area contributed by atoms with Gasteiger partial charge in [-0.05, 0) is 56.5 Å². The Morgan fingerprint density at radius 2 is 1.95 bits per heavy atom. The summed E-state index contributed by atoms with van der Waals surface area (Å²) in [6, 6.07) is 5.06. The fourth-order valence-electron chi connectivity index (χ4n) is 2.51. The number of pyridine rings is 1. The number of nitrogens with zero attached hydrogens (tertiary/aromatic N) is 1. The van der Waals surface area contributed by atoms with E-state index in [1.807, 2.05) is 13.8 Å². The summed E-state index contributed by atoms with van der Waals surface area (Å²) in [5, 5.41) is 2.83. The van der Waals surface area contributed by atoms with Crippen molar-refractivity contribution in [2.24, 2.45) is 0 Å². The molecule has 1 amide bonds. The van der Waals surface area contributed by atoms with E-state index < -0.39 is 17.2 Å². The van der Waals surface area contributed by atoms with Crippen molar-refractivity contribution in [1.82, 2.24) is 10.3 Å². The third-order valence-electron chi connectivity index (χ3n) is 4.15. The predicted octanol–water partition coefficient (Wildman–Crippen LogP) is 3.40. The van der Waals surface area contributed by atoms with Crippen LogP contribution in [0.4, 0.5) is 8.78 Å². The molecule has 0 saturated heterocycles. The van der Waals surface area contributed by atoms with Crippen molar-refractivity contribution in [1.29, 1.82) is 0 Å². The van der Waals surface area contributed by atoms with Crippen molar-refractivity contribution >= 4 is 5.91 Å². The molecule has 1 aliphatic rings. The van der Waals surface area contributed by atoms with Gasteiger partial charge in [-0.15, -0.1) is 0 Å². The third-order valence-corrected chi connectivity index (χ3v) is 4.15. The molecule has 0 spiro atoms. The third kappa shape index (κ3) is 2.58. The standard InChI is InChI=1S/C17H16F2N2O/c1-10-7-12(9-20-11(10)2)16(22)21-17(5-6-17)14-8-13(18)3-4-15(14)19/h3-4,7-9H,5-6H2,1-2H3,(H,21,22). The highest BCUT2D eigenvalue weighted by atomic mass is 19.1. The number of aryl methyl sites for hydroxylation is 2. The molecule has 1 saturated carbocycles. The van der Waals surface area contributed by atoms with Gasteiger partial charge in [-0.3, -0.25) is 9.78 Å². The number of nitrogens with one attached hydrogen (secondary N) is 1. The van der Waals surface area contributed by atoms with Crippen LogP contribution in [0, 0.1) is 25.5 Å². The number of halogens is 2. The topological polar surface area (TPSA) is 42.0 Å². The molecule has 3 nitrogen and oxygen atoms in total. The van der Waals surface area contributed by atoms with Crippen LogP contribution in [0.25, 0.3) is 0 Å². The first-order valence-corrected chi connectivity index (χ1v) is 7.13. The molecule has 0 atom stereocenters. The van der Waals surface area contributed by atoms with E-state index in [0.717, 1.165) is 29.5 Å². The normalized spacial score (nSPS) is 15.5. The predicted molar refractivity (Wildman–Crippen MR) is 78.4 cm³/mol. The Balaban J connectivity index is 1.87. The fraction of sp³-hybridized carbons (Fsp3) is 0.294. The van der Waals surface area contributed by atoms with Gasteiger partial charge < -0.3 is 5.32 Å². The van der Waals surface area contributed by atoms with Crippen molar-refractivity contribution in [2.45, 2.75) is 32.2 Å². The Kier molecular flexibility index (Phi) is 3.43. The molecule has 22 heavy (non-hydrogen) atoms. The molecule has 5 heteroatoms. The second-order valence-corrected chi connectivity index (χ2v) is 5.79. The molecule has 1 N–H and O–H groups in total. The van der Waals surface area contributed by atoms with Crippen LogP contribution in [0.5, 0.6) is 0 Å². The lowest BCUT2D eigenvalue weighted by Gasteiger charge is -2.19. The lowest BCUT2D eigenvalue weighted by atomic mass is 10.0. The molecule has 2 aromatic rings. The summed E-state index contributed by atoms with van der Waals surface area (Å²) in [4.78, 5) is 16.5. The number of aromatic nitrogens is 1. The van der Waals surface area contributed by atoms with E-state index in [4.69, 9.17) is 0 Å². The Bertz CT molecular complexity index is 754. The number of amides is 1. The average molecular weight is 302 g/mol. The second kappa shape index (κ2) is 5.16. The number of hydrogen-bond acceptors (Lipinski definition) is 2. The molecule has 0 bridgehead atoms. The Morgan fingerprint density at radius 1 is 1.23 bits per heavy atom. The van der Waals surface area contributed by atoms with Crippen LogP contribution in [-0.4, -0.2) is 10.9 Å². The van der Waals surface area contributed by atoms with E-state index in [0.29, 0.717) is 18.4 Å². The zero-order chi connectivity index (χ0) is 15.9. The van der Waals surface area contributed by atoms with Gasteiger partial charge >= 0.3 is 0 Å². The summed E-state index contributed by atoms with van der Waals surface area (Å²) >= 11 is 0. The van der Waals surface area contributed by atoms with E-state index in [1.165, 1.54) is 6.20 Å². The minimum atomic E-state index is -0.804. The molecule has 3 rings (SSSR count). The fourth-order valence-corrected chi connectivity index (χ4v) is 2.51. The van der Waals surface area contributed by atoms with Crippen LogP contribution in [0.2, 0.25) is 0 Å². The van der Waals surface area contributed by atoms with Crippen LogP contribution >= 0.6 is 0 Å². The molecule has 1 heterocycles. The van der Waals surface area contributed by atoms with Gasteiger partial charge in [0.25, 0.3) is 5.91 Å². The molecular formula is C17H16F2N2O. The molecule has 0 radical (unpaired) electrons. The number of carbonyl (C=O) groups is 1. The molecular weight excluding hydrogens is 286 g/mol. The number of rotatable bonds is 3. The van der Waals surface area contributed by atoms with Gasteiger partial charge in [0.1, 0.15) is 11.6 Å². The average Bonchev–Trinajstić information content (AvgIpc) is 3.25. The van der Waals surface area contributed by atoms with Crippen molar-refractivity contribution in [3.8, 4) is 0 Å². The maximum atomic E-state index is 13.9. The van der Waals surface area contributed by atoms with Gasteiger partial charge in [0.2, 0.25) is 0 Å². The number of benzene rings is 1. The zero-order valence-electron chi connectivity index (χ0n) is 12.4. The quantitative estimate of drug-likeness (QED) is 0.944. The van der Waals surface area contributed by atoms with Gasteiger partial charge in [0.05, 0.1) is 11.1 Å². The smallest absolute Gasteiger partial charge is 0.253 e. The van der Waals surface area contributed by atoms with E-state index >= 15 is 0 Å². The summed E-state index contributed by atoms with van der Waals surface area (Å²) in [5.74, 6) is -1.33. The second-order valence-electron chi connectivity index (χ2n) is 5.79. The van der Waals surface area contributed by atoms with Crippen molar-refractivity contribution in [3.63, 3.8) is 0 Å². The molecule has 1 aromatic carbocycles. The lowest BCUT2D eigenvalue weighted by Crippen LogP contribution is -2.35. The van der Waals surface area contributed by atoms with Crippen LogP contribution in [0.3, 0.4) is 0 Å². The summed E-state index contributed by atoms with van der Waals surface area (Å²) < 4.78 is 27.3. The van der Waals surface area contributed by atoms with Gasteiger partial charge in [-0.25, -0.2) is 8.78 Å². The molecule has 0 unspecified atom stereocenters. The van der Waals surface area contributed by atoms with Crippen molar-refractivity contribution < 1.29 is 13.6 Å². The first-order chi connectivity index (χ1) is 10.4. The first-order valence-electron chi connectivity index (χ1n) is 7.13. The number of carbonyl (C=O) groups excluding carboxylic acids is 1. The molecule has 1 aromatic heterocycles. The summed E-state index contributed by atoms with van der Waals surface area (Å²) in [7, 11) is 0. The van der Waals surface area contributed by atoms with Gasteiger partial charge in [-0.2, -0.15) is 0 Å². The van der Waals surface area contributed by atoms with Gasteiger partial charge in [-0.1, -0.05) is 0 Å². The summed E-state index contributed by atoms with van der Waals surface area (Å²) in [6.45, 7) is 3.74. The molecule has 1 aliphatic carbocycles. The highest BCUT2D eigenvalue weighted by Gasteiger charge is 2.47. The maximum Gasteiger partial charge on any atom is 0.253 e. The van der Waals surface area contributed by atoms with E-state index in [1.54, 1.807) is 6.07 Å². The van der Waals surface area contributed by atoms with Crippen LogP contribution in [0.15, 0.2) is 30.5 Å². The van der Waals surface area contributed by atoms with Crippen LogP contribution in [-0.2, 0) is 5.54 Å². The highest BCUT2D eigenvalue weighted by molar-refractivity contribution is 5.95.